The van der Waals surface area contributed by atoms with E-state index in [2.05, 4.69) is 15.6 Å². The number of likely N-dealkylation sites (N-methyl/N-ethyl adjacent to an activating group) is 1. The molecule has 0 radical (unpaired) electrons. The van der Waals surface area contributed by atoms with Gasteiger partial charge in [-0.2, -0.15) is 0 Å². The summed E-state index contributed by atoms with van der Waals surface area (Å²) >= 11 is 0. The van der Waals surface area contributed by atoms with Gasteiger partial charge in [0, 0.05) is 27.2 Å². The highest BCUT2D eigenvalue weighted by molar-refractivity contribution is 14.0. The van der Waals surface area contributed by atoms with Crippen molar-refractivity contribution in [3.63, 3.8) is 0 Å². The van der Waals surface area contributed by atoms with E-state index < -0.39 is 5.82 Å². The number of methoxy groups -OCH3 is 1. The summed E-state index contributed by atoms with van der Waals surface area (Å²) in [6.07, 6.45) is 2.18. The van der Waals surface area contributed by atoms with Crippen LogP contribution in [0.25, 0.3) is 0 Å². The zero-order chi connectivity index (χ0) is 19.8. The van der Waals surface area contributed by atoms with Crippen molar-refractivity contribution in [3.8, 4) is 5.75 Å². The number of benzene rings is 1. The Kier molecular flexibility index (Phi) is 10.5. The van der Waals surface area contributed by atoms with Crippen molar-refractivity contribution in [2.75, 3.05) is 40.9 Å². The minimum Gasteiger partial charge on any atom is -0.494 e. The quantitative estimate of drug-likeness (QED) is 0.336. The number of rotatable bonds is 7. The zero-order valence-corrected chi connectivity index (χ0v) is 19.2. The van der Waals surface area contributed by atoms with Crippen molar-refractivity contribution < 1.29 is 18.7 Å². The van der Waals surface area contributed by atoms with Gasteiger partial charge < -0.3 is 25.0 Å². The highest BCUT2D eigenvalue weighted by Gasteiger charge is 2.17. The molecule has 0 spiro atoms. The van der Waals surface area contributed by atoms with Crippen LogP contribution >= 0.6 is 24.0 Å². The summed E-state index contributed by atoms with van der Waals surface area (Å²) in [6, 6.07) is 4.60. The average molecular weight is 508 g/mol. The van der Waals surface area contributed by atoms with Crippen LogP contribution < -0.4 is 15.4 Å². The summed E-state index contributed by atoms with van der Waals surface area (Å²) in [5.74, 6) is 0.172. The number of guanidine groups is 1. The first-order valence-electron chi connectivity index (χ1n) is 9.10. The third-order valence-corrected chi connectivity index (χ3v) is 4.42. The van der Waals surface area contributed by atoms with Gasteiger partial charge in [-0.05, 0) is 37.5 Å². The fourth-order valence-electron chi connectivity index (χ4n) is 2.70. The molecule has 0 aliphatic carbocycles. The van der Waals surface area contributed by atoms with Crippen molar-refractivity contribution in [2.45, 2.75) is 31.9 Å². The maximum Gasteiger partial charge on any atom is 0.243 e. The van der Waals surface area contributed by atoms with E-state index in [-0.39, 0.29) is 54.3 Å². The second-order valence-electron chi connectivity index (χ2n) is 6.73. The number of nitrogens with one attached hydrogen (secondary N) is 2. The molecule has 0 bridgehead atoms. The lowest BCUT2D eigenvalue weighted by molar-refractivity contribution is -0.127. The molecule has 1 aliphatic rings. The molecule has 158 valence electrons. The minimum absolute atomic E-state index is 0. The van der Waals surface area contributed by atoms with E-state index in [1.165, 1.54) is 18.1 Å². The Morgan fingerprint density at radius 1 is 1.46 bits per heavy atom. The molecule has 2 atom stereocenters. The van der Waals surface area contributed by atoms with Crippen LogP contribution in [0, 0.1) is 5.82 Å². The molecule has 1 aliphatic heterocycles. The third-order valence-electron chi connectivity index (χ3n) is 4.42. The first kappa shape index (κ1) is 24.4. The van der Waals surface area contributed by atoms with Crippen LogP contribution in [0.2, 0.25) is 0 Å². The number of carbonyl (C=O) groups is 1. The largest absolute Gasteiger partial charge is 0.494 e. The number of amides is 1. The molecule has 0 saturated carbocycles. The fourth-order valence-corrected chi connectivity index (χ4v) is 2.70. The highest BCUT2D eigenvalue weighted by atomic mass is 127. The van der Waals surface area contributed by atoms with Crippen molar-refractivity contribution in [2.24, 2.45) is 4.99 Å². The maximum atomic E-state index is 14.0. The van der Waals surface area contributed by atoms with Gasteiger partial charge in [0.25, 0.3) is 0 Å². The number of ether oxygens (including phenoxy) is 2. The standard InChI is InChI=1S/C19H29FN4O3.HI/c1-13(14-7-8-17(26-4)16(20)10-14)23-19(22-12-18(25)24(2)3)21-11-15-6-5-9-27-15;/h7-8,10,13,15H,5-6,9,11-12H2,1-4H3,(H2,21,22,23);1H. The number of hydrogen-bond donors (Lipinski definition) is 2. The van der Waals surface area contributed by atoms with Crippen LogP contribution in [0.5, 0.6) is 5.75 Å². The van der Waals surface area contributed by atoms with Crippen LogP contribution in [0.15, 0.2) is 23.2 Å². The summed E-state index contributed by atoms with van der Waals surface area (Å²) in [5.41, 5.74) is 0.749. The molecule has 28 heavy (non-hydrogen) atoms. The molecule has 1 heterocycles. The Bertz CT molecular complexity index is 667. The Balaban J connectivity index is 0.00000392. The Labute approximate surface area is 183 Å². The third kappa shape index (κ3) is 7.42. The van der Waals surface area contributed by atoms with Gasteiger partial charge >= 0.3 is 0 Å². The fraction of sp³-hybridized carbons (Fsp3) is 0.579. The van der Waals surface area contributed by atoms with Gasteiger partial charge in [0.15, 0.2) is 17.5 Å². The van der Waals surface area contributed by atoms with Crippen LogP contribution in [0.3, 0.4) is 0 Å². The molecule has 1 fully saturated rings. The van der Waals surface area contributed by atoms with Crippen molar-refractivity contribution in [3.05, 3.63) is 29.6 Å². The van der Waals surface area contributed by atoms with Gasteiger partial charge in [-0.15, -0.1) is 24.0 Å². The van der Waals surface area contributed by atoms with Crippen LogP contribution in [0.4, 0.5) is 4.39 Å². The lowest BCUT2D eigenvalue weighted by Gasteiger charge is -2.21. The molecule has 9 heteroatoms. The van der Waals surface area contributed by atoms with Gasteiger partial charge in [0.05, 0.1) is 19.3 Å². The van der Waals surface area contributed by atoms with E-state index in [1.807, 2.05) is 6.92 Å². The smallest absolute Gasteiger partial charge is 0.243 e. The summed E-state index contributed by atoms with van der Waals surface area (Å²) in [4.78, 5) is 17.7. The average Bonchev–Trinajstić information content (AvgIpc) is 3.16. The predicted molar refractivity (Wildman–Crippen MR) is 118 cm³/mol. The van der Waals surface area contributed by atoms with Gasteiger partial charge in [-0.1, -0.05) is 6.07 Å². The van der Waals surface area contributed by atoms with Crippen molar-refractivity contribution in [1.82, 2.24) is 15.5 Å². The molecule has 1 amide bonds. The molecular formula is C19H30FIN4O3. The minimum atomic E-state index is -0.419. The van der Waals surface area contributed by atoms with Gasteiger partial charge in [0.1, 0.15) is 6.54 Å². The highest BCUT2D eigenvalue weighted by Crippen LogP contribution is 2.21. The second-order valence-corrected chi connectivity index (χ2v) is 6.73. The van der Waals surface area contributed by atoms with Gasteiger partial charge in [-0.3, -0.25) is 4.79 Å². The molecule has 7 nitrogen and oxygen atoms in total. The Morgan fingerprint density at radius 2 is 2.21 bits per heavy atom. The first-order chi connectivity index (χ1) is 12.9. The van der Waals surface area contributed by atoms with Gasteiger partial charge in [0.2, 0.25) is 5.91 Å². The van der Waals surface area contributed by atoms with Crippen molar-refractivity contribution in [1.29, 1.82) is 0 Å². The SMILES string of the molecule is COc1ccc(C(C)NC(=NCC(=O)N(C)C)NCC2CCCO2)cc1F.I. The number of carbonyl (C=O) groups excluding carboxylic acids is 1. The number of halogens is 2. The van der Waals surface area contributed by atoms with Crippen LogP contribution in [-0.2, 0) is 9.53 Å². The monoisotopic (exact) mass is 508 g/mol. The van der Waals surface area contributed by atoms with Crippen molar-refractivity contribution >= 4 is 35.8 Å². The topological polar surface area (TPSA) is 75.2 Å². The summed E-state index contributed by atoms with van der Waals surface area (Å²) < 4.78 is 24.5. The lowest BCUT2D eigenvalue weighted by atomic mass is 10.1. The number of aliphatic imine (C=N–C) groups is 1. The van der Waals surface area contributed by atoms with E-state index in [1.54, 1.807) is 26.2 Å². The number of nitrogens with zero attached hydrogens (tertiary/aromatic N) is 2. The molecule has 2 rings (SSSR count). The van der Waals surface area contributed by atoms with Crippen LogP contribution in [-0.4, -0.2) is 63.8 Å². The van der Waals surface area contributed by atoms with Gasteiger partial charge in [-0.25, -0.2) is 9.38 Å². The van der Waals surface area contributed by atoms with E-state index in [4.69, 9.17) is 9.47 Å². The normalized spacial score (nSPS) is 17.5. The van der Waals surface area contributed by atoms with Crippen LogP contribution in [0.1, 0.15) is 31.4 Å². The predicted octanol–water partition coefficient (Wildman–Crippen LogP) is 2.32. The first-order valence-corrected chi connectivity index (χ1v) is 9.10. The Morgan fingerprint density at radius 3 is 2.79 bits per heavy atom. The molecule has 1 aromatic rings. The maximum absolute atomic E-state index is 14.0. The number of hydrogen-bond acceptors (Lipinski definition) is 4. The van der Waals surface area contributed by atoms with E-state index in [0.29, 0.717) is 12.5 Å². The second kappa shape index (κ2) is 12.1. The molecule has 1 saturated heterocycles. The molecule has 2 N–H and O–H groups in total. The summed E-state index contributed by atoms with van der Waals surface area (Å²) in [5, 5.41) is 6.44. The Hall–Kier alpha value is -1.62. The summed E-state index contributed by atoms with van der Waals surface area (Å²) in [7, 11) is 4.81. The lowest BCUT2D eigenvalue weighted by Crippen LogP contribution is -2.42. The molecule has 1 aromatic carbocycles. The zero-order valence-electron chi connectivity index (χ0n) is 16.8. The summed E-state index contributed by atoms with van der Waals surface area (Å²) in [6.45, 7) is 3.30. The van der Waals surface area contributed by atoms with E-state index in [0.717, 1.165) is 25.0 Å². The molecule has 0 aromatic heterocycles. The molecular weight excluding hydrogens is 478 g/mol. The van der Waals surface area contributed by atoms with E-state index in [9.17, 15) is 9.18 Å². The molecule has 2 unspecified atom stereocenters. The van der Waals surface area contributed by atoms with E-state index >= 15 is 0 Å².